The number of hydrogen-bond acceptors (Lipinski definition) is 2. The van der Waals surface area contributed by atoms with Gasteiger partial charge in [0.25, 0.3) is 0 Å². The highest BCUT2D eigenvalue weighted by molar-refractivity contribution is 6.32. The molecular weight excluding hydrogens is 174 g/mol. The first-order chi connectivity index (χ1) is 5.43. The van der Waals surface area contributed by atoms with Crippen molar-refractivity contribution in [2.45, 2.75) is 26.2 Å². The third-order valence-electron chi connectivity index (χ3n) is 1.68. The molecular formula is C9H12ClNO. The molecule has 2 nitrogen and oxygen atoms in total. The van der Waals surface area contributed by atoms with Crippen molar-refractivity contribution in [2.75, 3.05) is 0 Å². The highest BCUT2D eigenvalue weighted by Crippen LogP contribution is 2.33. The first-order valence-corrected chi connectivity index (χ1v) is 4.14. The maximum absolute atomic E-state index is 9.22. The fourth-order valence-electron chi connectivity index (χ4n) is 1.01. The van der Waals surface area contributed by atoms with Crippen molar-refractivity contribution in [3.8, 4) is 5.88 Å². The molecule has 0 aliphatic carbocycles. The second kappa shape index (κ2) is 2.94. The summed E-state index contributed by atoms with van der Waals surface area (Å²) in [5.74, 6) is -0.0934. The van der Waals surface area contributed by atoms with Crippen LogP contribution in [0.25, 0.3) is 0 Å². The van der Waals surface area contributed by atoms with Crippen molar-refractivity contribution in [1.82, 2.24) is 4.98 Å². The highest BCUT2D eigenvalue weighted by atomic mass is 35.5. The van der Waals surface area contributed by atoms with E-state index in [0.717, 1.165) is 5.56 Å². The van der Waals surface area contributed by atoms with Gasteiger partial charge in [0.05, 0.1) is 0 Å². The molecule has 0 atom stereocenters. The zero-order chi connectivity index (χ0) is 9.35. The van der Waals surface area contributed by atoms with E-state index in [9.17, 15) is 5.11 Å². The molecule has 0 fully saturated rings. The number of aromatic hydroxyl groups is 1. The molecule has 66 valence electrons. The summed E-state index contributed by atoms with van der Waals surface area (Å²) in [4.78, 5) is 3.68. The lowest BCUT2D eigenvalue weighted by molar-refractivity contribution is 0.449. The van der Waals surface area contributed by atoms with E-state index < -0.39 is 0 Å². The third-order valence-corrected chi connectivity index (χ3v) is 2.05. The van der Waals surface area contributed by atoms with E-state index in [1.54, 1.807) is 6.20 Å². The SMILES string of the molecule is CC(C)(C)c1ccnc(O)c1Cl. The summed E-state index contributed by atoms with van der Waals surface area (Å²) in [7, 11) is 0. The van der Waals surface area contributed by atoms with E-state index in [0.29, 0.717) is 5.02 Å². The Hall–Kier alpha value is -0.760. The van der Waals surface area contributed by atoms with E-state index in [1.807, 2.05) is 26.8 Å². The van der Waals surface area contributed by atoms with Crippen molar-refractivity contribution in [3.05, 3.63) is 22.8 Å². The van der Waals surface area contributed by atoms with Gasteiger partial charge in [-0.1, -0.05) is 32.4 Å². The molecule has 0 saturated heterocycles. The quantitative estimate of drug-likeness (QED) is 0.674. The maximum atomic E-state index is 9.22. The molecule has 0 aliphatic rings. The number of hydrogen-bond donors (Lipinski definition) is 1. The first-order valence-electron chi connectivity index (χ1n) is 3.77. The Bertz CT molecular complexity index is 291. The molecule has 0 amide bonds. The van der Waals surface area contributed by atoms with Gasteiger partial charge in [0.2, 0.25) is 5.88 Å². The minimum atomic E-state index is -0.0934. The Labute approximate surface area is 77.2 Å². The number of aromatic nitrogens is 1. The van der Waals surface area contributed by atoms with Crippen LogP contribution >= 0.6 is 11.6 Å². The molecule has 1 aromatic heterocycles. The molecule has 0 spiro atoms. The van der Waals surface area contributed by atoms with Crippen LogP contribution in [0.2, 0.25) is 5.02 Å². The Balaban J connectivity index is 3.26. The molecule has 3 heteroatoms. The second-order valence-electron chi connectivity index (χ2n) is 3.75. The fraction of sp³-hybridized carbons (Fsp3) is 0.444. The molecule has 1 rings (SSSR count). The van der Waals surface area contributed by atoms with Crippen molar-refractivity contribution < 1.29 is 5.11 Å². The van der Waals surface area contributed by atoms with Crippen LogP contribution in [0, 0.1) is 0 Å². The van der Waals surface area contributed by atoms with Crippen LogP contribution in [0.4, 0.5) is 0 Å². The van der Waals surface area contributed by atoms with Crippen LogP contribution < -0.4 is 0 Å². The predicted molar refractivity (Wildman–Crippen MR) is 49.6 cm³/mol. The van der Waals surface area contributed by atoms with Crippen molar-refractivity contribution in [2.24, 2.45) is 0 Å². The number of rotatable bonds is 0. The van der Waals surface area contributed by atoms with Gasteiger partial charge in [0.1, 0.15) is 5.02 Å². The third kappa shape index (κ3) is 1.69. The lowest BCUT2D eigenvalue weighted by Gasteiger charge is -2.20. The Morgan fingerprint density at radius 2 is 2.00 bits per heavy atom. The molecule has 0 bridgehead atoms. The summed E-state index contributed by atoms with van der Waals surface area (Å²) in [6.45, 7) is 6.11. The van der Waals surface area contributed by atoms with Crippen LogP contribution in [0.5, 0.6) is 5.88 Å². The number of nitrogens with zero attached hydrogens (tertiary/aromatic N) is 1. The van der Waals surface area contributed by atoms with Gasteiger partial charge in [-0.05, 0) is 17.0 Å². The largest absolute Gasteiger partial charge is 0.492 e. The van der Waals surface area contributed by atoms with Crippen molar-refractivity contribution in [1.29, 1.82) is 0 Å². The summed E-state index contributed by atoms with van der Waals surface area (Å²) >= 11 is 5.87. The average Bonchev–Trinajstić information content (AvgIpc) is 1.92. The molecule has 1 heterocycles. The number of halogens is 1. The minimum absolute atomic E-state index is 0.0580. The average molecular weight is 186 g/mol. The van der Waals surface area contributed by atoms with Gasteiger partial charge in [0, 0.05) is 6.20 Å². The molecule has 12 heavy (non-hydrogen) atoms. The Morgan fingerprint density at radius 1 is 1.42 bits per heavy atom. The van der Waals surface area contributed by atoms with Gasteiger partial charge >= 0.3 is 0 Å². The highest BCUT2D eigenvalue weighted by Gasteiger charge is 2.19. The van der Waals surface area contributed by atoms with E-state index in [4.69, 9.17) is 11.6 Å². The van der Waals surface area contributed by atoms with Crippen LogP contribution in [-0.4, -0.2) is 10.1 Å². The lowest BCUT2D eigenvalue weighted by Crippen LogP contribution is -2.11. The maximum Gasteiger partial charge on any atom is 0.230 e. The van der Waals surface area contributed by atoms with Crippen LogP contribution in [-0.2, 0) is 5.41 Å². The summed E-state index contributed by atoms with van der Waals surface area (Å²) in [5, 5.41) is 9.57. The standard InChI is InChI=1S/C9H12ClNO/c1-9(2,3)6-4-5-11-8(12)7(6)10/h4-5H,1-3H3,(H,11,12). The summed E-state index contributed by atoms with van der Waals surface area (Å²) in [6, 6.07) is 1.82. The van der Waals surface area contributed by atoms with Gasteiger partial charge in [-0.3, -0.25) is 0 Å². The summed E-state index contributed by atoms with van der Waals surface area (Å²) in [5.41, 5.74) is 0.856. The second-order valence-corrected chi connectivity index (χ2v) is 4.12. The van der Waals surface area contributed by atoms with E-state index in [2.05, 4.69) is 4.98 Å². The molecule has 0 unspecified atom stereocenters. The van der Waals surface area contributed by atoms with Crippen LogP contribution in [0.15, 0.2) is 12.3 Å². The van der Waals surface area contributed by atoms with Crippen molar-refractivity contribution >= 4 is 11.6 Å². The molecule has 0 aromatic carbocycles. The number of pyridine rings is 1. The fourth-order valence-corrected chi connectivity index (χ4v) is 1.41. The van der Waals surface area contributed by atoms with Gasteiger partial charge in [-0.2, -0.15) is 0 Å². The predicted octanol–water partition coefficient (Wildman–Crippen LogP) is 2.74. The summed E-state index contributed by atoms with van der Waals surface area (Å²) in [6.07, 6.45) is 1.56. The smallest absolute Gasteiger partial charge is 0.230 e. The van der Waals surface area contributed by atoms with Gasteiger partial charge < -0.3 is 5.11 Å². The van der Waals surface area contributed by atoms with Crippen molar-refractivity contribution in [3.63, 3.8) is 0 Å². The molecule has 0 saturated carbocycles. The molecule has 0 radical (unpaired) electrons. The van der Waals surface area contributed by atoms with Gasteiger partial charge in [-0.25, -0.2) is 4.98 Å². The molecule has 1 aromatic rings. The van der Waals surface area contributed by atoms with E-state index in [-0.39, 0.29) is 11.3 Å². The van der Waals surface area contributed by atoms with Crippen LogP contribution in [0.1, 0.15) is 26.3 Å². The Kier molecular flexibility index (Phi) is 2.29. The monoisotopic (exact) mass is 185 g/mol. The topological polar surface area (TPSA) is 33.1 Å². The molecule has 0 aliphatic heterocycles. The van der Waals surface area contributed by atoms with E-state index in [1.165, 1.54) is 0 Å². The minimum Gasteiger partial charge on any atom is -0.492 e. The first kappa shape index (κ1) is 9.33. The zero-order valence-corrected chi connectivity index (χ0v) is 8.18. The normalized spacial score (nSPS) is 11.7. The lowest BCUT2D eigenvalue weighted by atomic mass is 9.88. The molecule has 1 N–H and O–H groups in total. The van der Waals surface area contributed by atoms with Crippen LogP contribution in [0.3, 0.4) is 0 Å². The van der Waals surface area contributed by atoms with Gasteiger partial charge in [0.15, 0.2) is 0 Å². The van der Waals surface area contributed by atoms with E-state index >= 15 is 0 Å². The van der Waals surface area contributed by atoms with Gasteiger partial charge in [-0.15, -0.1) is 0 Å². The summed E-state index contributed by atoms with van der Waals surface area (Å²) < 4.78 is 0. The Morgan fingerprint density at radius 3 is 2.42 bits per heavy atom. The zero-order valence-electron chi connectivity index (χ0n) is 7.43.